The highest BCUT2D eigenvalue weighted by molar-refractivity contribution is 5.76. The van der Waals surface area contributed by atoms with Crippen molar-refractivity contribution in [1.82, 2.24) is 19.5 Å². The molecule has 4 atom stereocenters. The van der Waals surface area contributed by atoms with E-state index in [0.29, 0.717) is 5.52 Å². The molecule has 3 rings (SSSR count). The van der Waals surface area contributed by atoms with Crippen LogP contribution in [0.4, 0.5) is 8.78 Å². The Balaban J connectivity index is 2.12. The van der Waals surface area contributed by atoms with Crippen LogP contribution in [-0.4, -0.2) is 57.3 Å². The third-order valence-electron chi connectivity index (χ3n) is 3.62. The Kier molecular flexibility index (Phi) is 3.36. The quantitative estimate of drug-likeness (QED) is 0.904. The Bertz CT molecular complexity index is 665. The lowest BCUT2D eigenvalue weighted by Gasteiger charge is -2.15. The van der Waals surface area contributed by atoms with Gasteiger partial charge < -0.3 is 19.1 Å². The zero-order valence-corrected chi connectivity index (χ0v) is 11.4. The molecule has 0 spiro atoms. The standard InChI is InChI=1S/C12H14F2N4O3/c1-20-11-9-10(16-12(17-11)21-2)18(4-15-9)5-3-6(19)8(14)7(5)13/h4-8,19H,3H2,1-2H3/t5-,6+,7-,8?/m1/s1. The average molecular weight is 300 g/mol. The predicted molar refractivity (Wildman–Crippen MR) is 67.9 cm³/mol. The molecular weight excluding hydrogens is 286 g/mol. The van der Waals surface area contributed by atoms with Gasteiger partial charge in [0.2, 0.25) is 5.88 Å². The van der Waals surface area contributed by atoms with E-state index in [1.165, 1.54) is 25.1 Å². The van der Waals surface area contributed by atoms with Gasteiger partial charge in [-0.3, -0.25) is 0 Å². The molecule has 1 aliphatic carbocycles. The first kappa shape index (κ1) is 13.9. The molecule has 2 heterocycles. The number of aromatic nitrogens is 4. The number of imidazole rings is 1. The molecule has 0 radical (unpaired) electrons. The average Bonchev–Trinajstić information content (AvgIpc) is 3.02. The predicted octanol–water partition coefficient (Wildman–Crippen LogP) is 0.825. The number of alkyl halides is 2. The molecule has 0 aromatic carbocycles. The Hall–Kier alpha value is -2.03. The Morgan fingerprint density at radius 1 is 1.24 bits per heavy atom. The number of aliphatic hydroxyl groups excluding tert-OH is 1. The molecule has 1 N–H and O–H groups in total. The van der Waals surface area contributed by atoms with Crippen LogP contribution in [0.25, 0.3) is 11.2 Å². The van der Waals surface area contributed by atoms with E-state index in [1.807, 2.05) is 0 Å². The van der Waals surface area contributed by atoms with Gasteiger partial charge in [-0.2, -0.15) is 9.97 Å². The molecule has 1 aliphatic rings. The molecule has 114 valence electrons. The smallest absolute Gasteiger partial charge is 0.321 e. The van der Waals surface area contributed by atoms with Gasteiger partial charge in [-0.1, -0.05) is 0 Å². The molecule has 2 aromatic heterocycles. The summed E-state index contributed by atoms with van der Waals surface area (Å²) in [6, 6.07) is -0.851. The number of rotatable bonds is 3. The summed E-state index contributed by atoms with van der Waals surface area (Å²) in [7, 11) is 2.80. The fourth-order valence-corrected chi connectivity index (χ4v) is 2.55. The van der Waals surface area contributed by atoms with Crippen molar-refractivity contribution in [2.45, 2.75) is 30.9 Å². The van der Waals surface area contributed by atoms with E-state index >= 15 is 0 Å². The number of ether oxygens (including phenoxy) is 2. The number of halogens is 2. The minimum Gasteiger partial charge on any atom is -0.479 e. The van der Waals surface area contributed by atoms with Crippen LogP contribution in [-0.2, 0) is 0 Å². The molecule has 0 aliphatic heterocycles. The van der Waals surface area contributed by atoms with Crippen molar-refractivity contribution < 1.29 is 23.4 Å². The molecule has 0 bridgehead atoms. The number of aliphatic hydroxyl groups is 1. The van der Waals surface area contributed by atoms with E-state index in [1.54, 1.807) is 0 Å². The molecule has 0 amide bonds. The van der Waals surface area contributed by atoms with Gasteiger partial charge in [0.05, 0.1) is 32.7 Å². The summed E-state index contributed by atoms with van der Waals surface area (Å²) in [5, 5.41) is 9.48. The summed E-state index contributed by atoms with van der Waals surface area (Å²) < 4.78 is 38.9. The maximum atomic E-state index is 14.0. The lowest BCUT2D eigenvalue weighted by Crippen LogP contribution is -2.23. The summed E-state index contributed by atoms with van der Waals surface area (Å²) in [6.07, 6.45) is -3.80. The van der Waals surface area contributed by atoms with E-state index < -0.39 is 24.5 Å². The SMILES string of the molecule is COc1nc(OC)c2ncn([C@@H]3C[C@H](O)C(F)[C@@H]3F)c2n1. The Morgan fingerprint density at radius 3 is 2.57 bits per heavy atom. The molecule has 1 saturated carbocycles. The second kappa shape index (κ2) is 5.06. The molecule has 0 saturated heterocycles. The normalized spacial score (nSPS) is 29.0. The second-order valence-corrected chi connectivity index (χ2v) is 4.80. The summed E-state index contributed by atoms with van der Waals surface area (Å²) >= 11 is 0. The highest BCUT2D eigenvalue weighted by Crippen LogP contribution is 2.37. The van der Waals surface area contributed by atoms with Crippen LogP contribution < -0.4 is 9.47 Å². The van der Waals surface area contributed by atoms with Crippen molar-refractivity contribution in [3.63, 3.8) is 0 Å². The van der Waals surface area contributed by atoms with E-state index in [-0.39, 0.29) is 24.0 Å². The zero-order valence-electron chi connectivity index (χ0n) is 11.4. The first-order chi connectivity index (χ1) is 10.1. The summed E-state index contributed by atoms with van der Waals surface area (Å²) in [5.41, 5.74) is 0.593. The van der Waals surface area contributed by atoms with Crippen LogP contribution in [0.3, 0.4) is 0 Å². The van der Waals surface area contributed by atoms with Crippen LogP contribution >= 0.6 is 0 Å². The van der Waals surface area contributed by atoms with Gasteiger partial charge in [-0.25, -0.2) is 13.8 Å². The number of nitrogens with zero attached hydrogens (tertiary/aromatic N) is 4. The van der Waals surface area contributed by atoms with E-state index in [0.717, 1.165) is 0 Å². The van der Waals surface area contributed by atoms with Gasteiger partial charge in [0, 0.05) is 6.42 Å². The van der Waals surface area contributed by atoms with Gasteiger partial charge >= 0.3 is 6.01 Å². The number of hydrogen-bond donors (Lipinski definition) is 1. The van der Waals surface area contributed by atoms with Crippen LogP contribution in [0.2, 0.25) is 0 Å². The van der Waals surface area contributed by atoms with Gasteiger partial charge in [0.25, 0.3) is 0 Å². The zero-order chi connectivity index (χ0) is 15.1. The molecule has 21 heavy (non-hydrogen) atoms. The van der Waals surface area contributed by atoms with Crippen molar-refractivity contribution in [2.75, 3.05) is 14.2 Å². The van der Waals surface area contributed by atoms with E-state index in [4.69, 9.17) is 9.47 Å². The second-order valence-electron chi connectivity index (χ2n) is 4.80. The maximum Gasteiger partial charge on any atom is 0.321 e. The Morgan fingerprint density at radius 2 is 2.00 bits per heavy atom. The van der Waals surface area contributed by atoms with Gasteiger partial charge in [0.15, 0.2) is 23.5 Å². The topological polar surface area (TPSA) is 82.3 Å². The largest absolute Gasteiger partial charge is 0.479 e. The van der Waals surface area contributed by atoms with Crippen LogP contribution in [0.15, 0.2) is 6.33 Å². The van der Waals surface area contributed by atoms with Gasteiger partial charge in [0.1, 0.15) is 0 Å². The fourth-order valence-electron chi connectivity index (χ4n) is 2.55. The molecular formula is C12H14F2N4O3. The lowest BCUT2D eigenvalue weighted by molar-refractivity contribution is 0.0705. The van der Waals surface area contributed by atoms with Crippen molar-refractivity contribution in [3.8, 4) is 11.9 Å². The summed E-state index contributed by atoms with van der Waals surface area (Å²) in [5.74, 6) is 0.182. The minimum absolute atomic E-state index is 0.0341. The monoisotopic (exact) mass is 300 g/mol. The van der Waals surface area contributed by atoms with E-state index in [9.17, 15) is 13.9 Å². The van der Waals surface area contributed by atoms with Crippen molar-refractivity contribution in [1.29, 1.82) is 0 Å². The van der Waals surface area contributed by atoms with E-state index in [2.05, 4.69) is 15.0 Å². The van der Waals surface area contributed by atoms with Crippen molar-refractivity contribution in [2.24, 2.45) is 0 Å². The van der Waals surface area contributed by atoms with Crippen molar-refractivity contribution in [3.05, 3.63) is 6.33 Å². The van der Waals surface area contributed by atoms with Crippen LogP contribution in [0, 0.1) is 0 Å². The first-order valence-corrected chi connectivity index (χ1v) is 6.35. The highest BCUT2D eigenvalue weighted by atomic mass is 19.2. The lowest BCUT2D eigenvalue weighted by atomic mass is 10.2. The maximum absolute atomic E-state index is 14.0. The summed E-state index contributed by atoms with van der Waals surface area (Å²) in [6.45, 7) is 0. The number of hydrogen-bond acceptors (Lipinski definition) is 6. The molecule has 9 heteroatoms. The summed E-state index contributed by atoms with van der Waals surface area (Å²) in [4.78, 5) is 12.2. The highest BCUT2D eigenvalue weighted by Gasteiger charge is 2.45. The third-order valence-corrected chi connectivity index (χ3v) is 3.62. The Labute approximate surface area is 118 Å². The minimum atomic E-state index is -1.92. The third kappa shape index (κ3) is 2.08. The fraction of sp³-hybridized carbons (Fsp3) is 0.583. The van der Waals surface area contributed by atoms with Crippen LogP contribution in [0.5, 0.6) is 11.9 Å². The van der Waals surface area contributed by atoms with Crippen LogP contribution in [0.1, 0.15) is 12.5 Å². The molecule has 7 nitrogen and oxygen atoms in total. The molecule has 1 unspecified atom stereocenters. The molecule has 1 fully saturated rings. The first-order valence-electron chi connectivity index (χ1n) is 6.35. The number of methoxy groups -OCH3 is 2. The van der Waals surface area contributed by atoms with Crippen molar-refractivity contribution >= 4 is 11.2 Å². The van der Waals surface area contributed by atoms with Gasteiger partial charge in [-0.15, -0.1) is 0 Å². The van der Waals surface area contributed by atoms with Gasteiger partial charge in [-0.05, 0) is 0 Å². The number of fused-ring (bicyclic) bond motifs is 1. The molecule has 2 aromatic rings.